The second-order valence-corrected chi connectivity index (χ2v) is 5.82. The lowest BCUT2D eigenvalue weighted by atomic mass is 10.2. The Morgan fingerprint density at radius 2 is 2.30 bits per heavy atom. The van der Waals surface area contributed by atoms with Gasteiger partial charge in [0.25, 0.3) is 5.91 Å². The van der Waals surface area contributed by atoms with Crippen molar-refractivity contribution in [3.05, 3.63) is 34.1 Å². The maximum absolute atomic E-state index is 12.9. The Morgan fingerprint density at radius 3 is 2.95 bits per heavy atom. The molecule has 6 heteroatoms. The van der Waals surface area contributed by atoms with Crippen molar-refractivity contribution in [2.45, 2.75) is 18.9 Å². The molecule has 1 aromatic carbocycles. The fourth-order valence-electron chi connectivity index (χ4n) is 1.69. The highest BCUT2D eigenvalue weighted by molar-refractivity contribution is 9.10. The molecule has 0 saturated heterocycles. The van der Waals surface area contributed by atoms with Crippen LogP contribution in [0.15, 0.2) is 22.7 Å². The molecule has 0 aromatic heterocycles. The number of ether oxygens (including phenoxy) is 1. The first-order valence-electron chi connectivity index (χ1n) is 6.55. The Balaban J connectivity index is 1.72. The van der Waals surface area contributed by atoms with E-state index in [9.17, 15) is 14.3 Å². The van der Waals surface area contributed by atoms with Gasteiger partial charge in [0, 0.05) is 17.6 Å². The van der Waals surface area contributed by atoms with Gasteiger partial charge >= 0.3 is 0 Å². The highest BCUT2D eigenvalue weighted by Crippen LogP contribution is 2.28. The molecule has 110 valence electrons. The lowest BCUT2D eigenvalue weighted by Crippen LogP contribution is -2.34. The van der Waals surface area contributed by atoms with Crippen molar-refractivity contribution in [1.82, 2.24) is 5.32 Å². The van der Waals surface area contributed by atoms with E-state index in [1.165, 1.54) is 31.0 Å². The quantitative estimate of drug-likeness (QED) is 0.795. The molecule has 2 N–H and O–H groups in total. The number of halogens is 2. The van der Waals surface area contributed by atoms with Crippen LogP contribution in [0.1, 0.15) is 23.2 Å². The fourth-order valence-corrected chi connectivity index (χ4v) is 2.22. The second-order valence-electron chi connectivity index (χ2n) is 4.97. The van der Waals surface area contributed by atoms with Gasteiger partial charge in [-0.2, -0.15) is 0 Å². The summed E-state index contributed by atoms with van der Waals surface area (Å²) in [6.07, 6.45) is 1.66. The van der Waals surface area contributed by atoms with Crippen LogP contribution in [-0.4, -0.2) is 36.9 Å². The molecule has 1 aliphatic rings. The summed E-state index contributed by atoms with van der Waals surface area (Å²) in [4.78, 5) is 11.9. The van der Waals surface area contributed by atoms with Crippen molar-refractivity contribution in [3.63, 3.8) is 0 Å². The van der Waals surface area contributed by atoms with Crippen LogP contribution in [0.2, 0.25) is 0 Å². The number of hydrogen-bond acceptors (Lipinski definition) is 3. The average molecular weight is 346 g/mol. The Morgan fingerprint density at radius 1 is 1.55 bits per heavy atom. The summed E-state index contributed by atoms with van der Waals surface area (Å²) < 4.78 is 18.6. The summed E-state index contributed by atoms with van der Waals surface area (Å²) in [5, 5.41) is 12.3. The van der Waals surface area contributed by atoms with Crippen LogP contribution in [-0.2, 0) is 4.74 Å². The SMILES string of the molecule is O=C(NCC(O)COCC1CC1)c1ccc(F)cc1Br. The Bertz CT molecular complexity index is 479. The molecule has 20 heavy (non-hydrogen) atoms. The van der Waals surface area contributed by atoms with Gasteiger partial charge in [0.1, 0.15) is 5.82 Å². The molecule has 0 radical (unpaired) electrons. The van der Waals surface area contributed by atoms with E-state index >= 15 is 0 Å². The molecule has 1 aliphatic carbocycles. The molecular formula is C14H17BrFNO3. The molecule has 4 nitrogen and oxygen atoms in total. The van der Waals surface area contributed by atoms with E-state index in [0.717, 1.165) is 0 Å². The zero-order valence-electron chi connectivity index (χ0n) is 10.9. The van der Waals surface area contributed by atoms with Gasteiger partial charge in [-0.15, -0.1) is 0 Å². The van der Waals surface area contributed by atoms with Crippen molar-refractivity contribution in [2.24, 2.45) is 5.92 Å². The van der Waals surface area contributed by atoms with E-state index in [-0.39, 0.29) is 19.1 Å². The van der Waals surface area contributed by atoms with Crippen molar-refractivity contribution >= 4 is 21.8 Å². The lowest BCUT2D eigenvalue weighted by Gasteiger charge is -2.13. The van der Waals surface area contributed by atoms with Gasteiger partial charge < -0.3 is 15.2 Å². The highest BCUT2D eigenvalue weighted by atomic mass is 79.9. The van der Waals surface area contributed by atoms with Crippen molar-refractivity contribution < 1.29 is 19.0 Å². The molecule has 2 rings (SSSR count). The van der Waals surface area contributed by atoms with E-state index in [0.29, 0.717) is 22.6 Å². The summed E-state index contributed by atoms with van der Waals surface area (Å²) in [5.74, 6) is -0.132. The molecule has 1 saturated carbocycles. The highest BCUT2D eigenvalue weighted by Gasteiger charge is 2.21. The first kappa shape index (κ1) is 15.4. The Kier molecular flexibility index (Phi) is 5.51. The second kappa shape index (κ2) is 7.15. The normalized spacial score (nSPS) is 15.9. The van der Waals surface area contributed by atoms with E-state index < -0.39 is 11.9 Å². The van der Waals surface area contributed by atoms with Crippen LogP contribution in [0.4, 0.5) is 4.39 Å². The van der Waals surface area contributed by atoms with E-state index in [1.54, 1.807) is 0 Å². The van der Waals surface area contributed by atoms with Crippen molar-refractivity contribution in [2.75, 3.05) is 19.8 Å². The van der Waals surface area contributed by atoms with Gasteiger partial charge in [-0.25, -0.2) is 4.39 Å². The standard InChI is InChI=1S/C14H17BrFNO3/c15-13-5-10(16)3-4-12(13)14(19)17-6-11(18)8-20-7-9-1-2-9/h3-5,9,11,18H,1-2,6-8H2,(H,17,19). The third kappa shape index (κ3) is 4.85. The van der Waals surface area contributed by atoms with E-state index in [2.05, 4.69) is 21.2 Å². The first-order valence-corrected chi connectivity index (χ1v) is 7.34. The number of amides is 1. The zero-order valence-corrected chi connectivity index (χ0v) is 12.5. The number of nitrogens with one attached hydrogen (secondary N) is 1. The topological polar surface area (TPSA) is 58.6 Å². The maximum atomic E-state index is 12.9. The summed E-state index contributed by atoms with van der Waals surface area (Å²) in [5.41, 5.74) is 0.331. The minimum absolute atomic E-state index is 0.104. The maximum Gasteiger partial charge on any atom is 0.252 e. The molecule has 0 aliphatic heterocycles. The molecule has 1 unspecified atom stereocenters. The van der Waals surface area contributed by atoms with Crippen molar-refractivity contribution in [3.8, 4) is 0 Å². The van der Waals surface area contributed by atoms with E-state index in [4.69, 9.17) is 4.74 Å². The molecule has 1 aromatic rings. The van der Waals surface area contributed by atoms with Crippen LogP contribution in [0.5, 0.6) is 0 Å². The van der Waals surface area contributed by atoms with Crippen LogP contribution in [0.3, 0.4) is 0 Å². The van der Waals surface area contributed by atoms with Crippen LogP contribution in [0, 0.1) is 11.7 Å². The largest absolute Gasteiger partial charge is 0.389 e. The third-order valence-electron chi connectivity index (χ3n) is 3.03. The smallest absolute Gasteiger partial charge is 0.252 e. The van der Waals surface area contributed by atoms with Gasteiger partial charge in [-0.3, -0.25) is 4.79 Å². The summed E-state index contributed by atoms with van der Waals surface area (Å²) in [6, 6.07) is 3.84. The van der Waals surface area contributed by atoms with Crippen molar-refractivity contribution in [1.29, 1.82) is 0 Å². The number of aliphatic hydroxyl groups excluding tert-OH is 1. The zero-order chi connectivity index (χ0) is 14.5. The Hall–Kier alpha value is -0.980. The average Bonchev–Trinajstić information content (AvgIpc) is 3.20. The number of aliphatic hydroxyl groups is 1. The first-order chi connectivity index (χ1) is 9.56. The molecule has 0 heterocycles. The monoisotopic (exact) mass is 345 g/mol. The predicted molar refractivity (Wildman–Crippen MR) is 76.0 cm³/mol. The van der Waals surface area contributed by atoms with E-state index in [1.807, 2.05) is 0 Å². The van der Waals surface area contributed by atoms with Crippen LogP contribution >= 0.6 is 15.9 Å². The lowest BCUT2D eigenvalue weighted by molar-refractivity contribution is 0.0320. The number of carbonyl (C=O) groups is 1. The molecule has 0 bridgehead atoms. The minimum Gasteiger partial charge on any atom is -0.389 e. The fraction of sp³-hybridized carbons (Fsp3) is 0.500. The van der Waals surface area contributed by atoms with Gasteiger partial charge in [0.15, 0.2) is 0 Å². The summed E-state index contributed by atoms with van der Waals surface area (Å²) in [6.45, 7) is 0.989. The molecule has 1 amide bonds. The molecule has 1 atom stereocenters. The minimum atomic E-state index is -0.739. The van der Waals surface area contributed by atoms with Crippen LogP contribution < -0.4 is 5.32 Å². The molecular weight excluding hydrogens is 329 g/mol. The predicted octanol–water partition coefficient (Wildman–Crippen LogP) is 2.11. The molecule has 0 spiro atoms. The van der Waals surface area contributed by atoms with Crippen LogP contribution in [0.25, 0.3) is 0 Å². The van der Waals surface area contributed by atoms with Gasteiger partial charge in [-0.05, 0) is 52.9 Å². The number of carbonyl (C=O) groups excluding carboxylic acids is 1. The number of benzene rings is 1. The van der Waals surface area contributed by atoms with Gasteiger partial charge in [-0.1, -0.05) is 0 Å². The number of rotatable bonds is 7. The summed E-state index contributed by atoms with van der Waals surface area (Å²) >= 11 is 3.13. The van der Waals surface area contributed by atoms with Gasteiger partial charge in [0.05, 0.1) is 18.3 Å². The van der Waals surface area contributed by atoms with Gasteiger partial charge in [0.2, 0.25) is 0 Å². The number of hydrogen-bond donors (Lipinski definition) is 2. The Labute approximate surface area is 125 Å². The summed E-state index contributed by atoms with van der Waals surface area (Å²) in [7, 11) is 0. The molecule has 1 fully saturated rings. The third-order valence-corrected chi connectivity index (χ3v) is 3.69.